The summed E-state index contributed by atoms with van der Waals surface area (Å²) in [6, 6.07) is 11.4. The molecule has 0 aromatic heterocycles. The van der Waals surface area contributed by atoms with E-state index in [0.29, 0.717) is 5.02 Å². The predicted molar refractivity (Wildman–Crippen MR) is 74.0 cm³/mol. The van der Waals surface area contributed by atoms with Gasteiger partial charge in [-0.15, -0.1) is 0 Å². The standard InChI is InChI=1S/C15H15ClO2/c1-10-4-12(16)8-14(6-10)18-15-7-11(2)5-13(9-15)17-3/h4-9H,1-3H3. The van der Waals surface area contributed by atoms with Crippen molar-refractivity contribution >= 4 is 11.6 Å². The van der Waals surface area contributed by atoms with Crippen molar-refractivity contribution in [1.29, 1.82) is 0 Å². The second kappa shape index (κ2) is 5.32. The molecule has 0 heterocycles. The van der Waals surface area contributed by atoms with Crippen LogP contribution in [-0.4, -0.2) is 7.11 Å². The molecule has 0 radical (unpaired) electrons. The van der Waals surface area contributed by atoms with E-state index in [1.165, 1.54) is 0 Å². The molecule has 0 aliphatic carbocycles. The number of rotatable bonds is 3. The van der Waals surface area contributed by atoms with E-state index < -0.39 is 0 Å². The Balaban J connectivity index is 2.30. The van der Waals surface area contributed by atoms with Crippen molar-refractivity contribution < 1.29 is 9.47 Å². The molecule has 2 aromatic carbocycles. The molecule has 0 spiro atoms. The number of ether oxygens (including phenoxy) is 2. The Bertz CT molecular complexity index is 544. The van der Waals surface area contributed by atoms with Crippen LogP contribution in [0.15, 0.2) is 36.4 Å². The summed E-state index contributed by atoms with van der Waals surface area (Å²) in [5, 5.41) is 0.671. The largest absolute Gasteiger partial charge is 0.497 e. The Labute approximate surface area is 112 Å². The lowest BCUT2D eigenvalue weighted by Crippen LogP contribution is -1.89. The van der Waals surface area contributed by atoms with Gasteiger partial charge in [-0.25, -0.2) is 0 Å². The van der Waals surface area contributed by atoms with E-state index >= 15 is 0 Å². The molecular formula is C15H15ClO2. The van der Waals surface area contributed by atoms with Crippen LogP contribution in [0.1, 0.15) is 11.1 Å². The quantitative estimate of drug-likeness (QED) is 0.794. The van der Waals surface area contributed by atoms with Gasteiger partial charge >= 0.3 is 0 Å². The van der Waals surface area contributed by atoms with Gasteiger partial charge in [0.15, 0.2) is 0 Å². The summed E-state index contributed by atoms with van der Waals surface area (Å²) in [5.74, 6) is 2.25. The maximum Gasteiger partial charge on any atom is 0.131 e. The van der Waals surface area contributed by atoms with E-state index in [1.54, 1.807) is 13.2 Å². The molecule has 0 fully saturated rings. The minimum Gasteiger partial charge on any atom is -0.497 e. The van der Waals surface area contributed by atoms with Crippen molar-refractivity contribution in [3.8, 4) is 17.2 Å². The third-order valence-corrected chi connectivity index (χ3v) is 2.73. The molecule has 2 aromatic rings. The van der Waals surface area contributed by atoms with Crippen LogP contribution in [0, 0.1) is 13.8 Å². The summed E-state index contributed by atoms with van der Waals surface area (Å²) >= 11 is 6.00. The number of methoxy groups -OCH3 is 1. The number of hydrogen-bond donors (Lipinski definition) is 0. The van der Waals surface area contributed by atoms with Gasteiger partial charge in [0.2, 0.25) is 0 Å². The normalized spacial score (nSPS) is 10.2. The predicted octanol–water partition coefficient (Wildman–Crippen LogP) is 4.76. The molecule has 0 bridgehead atoms. The Kier molecular flexibility index (Phi) is 3.78. The Morgan fingerprint density at radius 1 is 0.778 bits per heavy atom. The molecule has 18 heavy (non-hydrogen) atoms. The Hall–Kier alpha value is -1.67. The average Bonchev–Trinajstić information content (AvgIpc) is 2.26. The first-order valence-electron chi connectivity index (χ1n) is 5.67. The highest BCUT2D eigenvalue weighted by atomic mass is 35.5. The Morgan fingerprint density at radius 2 is 1.33 bits per heavy atom. The van der Waals surface area contributed by atoms with E-state index in [1.807, 2.05) is 44.2 Å². The zero-order valence-electron chi connectivity index (χ0n) is 10.7. The molecule has 0 atom stereocenters. The van der Waals surface area contributed by atoms with Crippen molar-refractivity contribution in [3.63, 3.8) is 0 Å². The van der Waals surface area contributed by atoms with Gasteiger partial charge in [0.05, 0.1) is 7.11 Å². The molecule has 94 valence electrons. The fourth-order valence-corrected chi connectivity index (χ4v) is 2.07. The van der Waals surface area contributed by atoms with E-state index in [2.05, 4.69) is 0 Å². The first-order valence-corrected chi connectivity index (χ1v) is 6.05. The zero-order chi connectivity index (χ0) is 13.1. The minimum atomic E-state index is 0.671. The molecule has 0 saturated carbocycles. The van der Waals surface area contributed by atoms with Crippen LogP contribution in [0.2, 0.25) is 5.02 Å². The summed E-state index contributed by atoms with van der Waals surface area (Å²) in [6.45, 7) is 3.98. The summed E-state index contributed by atoms with van der Waals surface area (Å²) in [7, 11) is 1.64. The third-order valence-electron chi connectivity index (χ3n) is 2.51. The van der Waals surface area contributed by atoms with Gasteiger partial charge < -0.3 is 9.47 Å². The van der Waals surface area contributed by atoms with Gasteiger partial charge in [0.1, 0.15) is 17.2 Å². The first kappa shape index (κ1) is 12.8. The van der Waals surface area contributed by atoms with Gasteiger partial charge in [-0.2, -0.15) is 0 Å². The number of aryl methyl sites for hydroxylation is 2. The molecule has 2 rings (SSSR count). The molecule has 0 unspecified atom stereocenters. The second-order valence-corrected chi connectivity index (χ2v) is 4.69. The molecule has 2 nitrogen and oxygen atoms in total. The number of benzene rings is 2. The maximum atomic E-state index is 6.00. The Morgan fingerprint density at radius 3 is 1.94 bits per heavy atom. The highest BCUT2D eigenvalue weighted by Gasteiger charge is 2.03. The van der Waals surface area contributed by atoms with E-state index in [0.717, 1.165) is 28.4 Å². The van der Waals surface area contributed by atoms with Crippen molar-refractivity contribution in [2.75, 3.05) is 7.11 Å². The molecule has 0 aliphatic rings. The highest BCUT2D eigenvalue weighted by molar-refractivity contribution is 6.30. The third kappa shape index (κ3) is 3.17. The molecular weight excluding hydrogens is 248 g/mol. The van der Waals surface area contributed by atoms with Crippen LogP contribution in [-0.2, 0) is 0 Å². The highest BCUT2D eigenvalue weighted by Crippen LogP contribution is 2.29. The van der Waals surface area contributed by atoms with Gasteiger partial charge in [-0.05, 0) is 55.3 Å². The monoisotopic (exact) mass is 262 g/mol. The average molecular weight is 263 g/mol. The maximum absolute atomic E-state index is 6.00. The van der Waals surface area contributed by atoms with Gasteiger partial charge in [-0.3, -0.25) is 0 Å². The lowest BCUT2D eigenvalue weighted by molar-refractivity contribution is 0.408. The summed E-state index contributed by atoms with van der Waals surface area (Å²) in [5.41, 5.74) is 2.15. The fraction of sp³-hybridized carbons (Fsp3) is 0.200. The van der Waals surface area contributed by atoms with Crippen molar-refractivity contribution in [2.45, 2.75) is 13.8 Å². The molecule has 0 amide bonds. The summed E-state index contributed by atoms with van der Waals surface area (Å²) < 4.78 is 11.0. The first-order chi connectivity index (χ1) is 8.56. The SMILES string of the molecule is COc1cc(C)cc(Oc2cc(C)cc(Cl)c2)c1. The van der Waals surface area contributed by atoms with Gasteiger partial charge in [0.25, 0.3) is 0 Å². The molecule has 0 saturated heterocycles. The van der Waals surface area contributed by atoms with E-state index in [4.69, 9.17) is 21.1 Å². The molecule has 0 N–H and O–H groups in total. The van der Waals surface area contributed by atoms with Crippen LogP contribution >= 0.6 is 11.6 Å². The smallest absolute Gasteiger partial charge is 0.131 e. The molecule has 0 aliphatic heterocycles. The van der Waals surface area contributed by atoms with Crippen LogP contribution in [0.4, 0.5) is 0 Å². The fourth-order valence-electron chi connectivity index (χ4n) is 1.79. The lowest BCUT2D eigenvalue weighted by atomic mass is 10.2. The topological polar surface area (TPSA) is 18.5 Å². The van der Waals surface area contributed by atoms with Crippen molar-refractivity contribution in [1.82, 2.24) is 0 Å². The van der Waals surface area contributed by atoms with Crippen LogP contribution in [0.3, 0.4) is 0 Å². The van der Waals surface area contributed by atoms with Gasteiger partial charge in [0, 0.05) is 11.1 Å². The van der Waals surface area contributed by atoms with Crippen molar-refractivity contribution in [3.05, 3.63) is 52.5 Å². The van der Waals surface area contributed by atoms with E-state index in [-0.39, 0.29) is 0 Å². The van der Waals surface area contributed by atoms with Crippen molar-refractivity contribution in [2.24, 2.45) is 0 Å². The second-order valence-electron chi connectivity index (χ2n) is 4.25. The van der Waals surface area contributed by atoms with Crippen LogP contribution in [0.25, 0.3) is 0 Å². The lowest BCUT2D eigenvalue weighted by Gasteiger charge is -2.10. The zero-order valence-corrected chi connectivity index (χ0v) is 11.4. The van der Waals surface area contributed by atoms with Crippen LogP contribution < -0.4 is 9.47 Å². The number of halogens is 1. The van der Waals surface area contributed by atoms with Gasteiger partial charge in [-0.1, -0.05) is 11.6 Å². The summed E-state index contributed by atoms with van der Waals surface area (Å²) in [6.07, 6.45) is 0. The van der Waals surface area contributed by atoms with E-state index in [9.17, 15) is 0 Å². The summed E-state index contributed by atoms with van der Waals surface area (Å²) in [4.78, 5) is 0. The minimum absolute atomic E-state index is 0.671. The molecule has 3 heteroatoms. The van der Waals surface area contributed by atoms with Crippen LogP contribution in [0.5, 0.6) is 17.2 Å². The number of hydrogen-bond acceptors (Lipinski definition) is 2.